The van der Waals surface area contributed by atoms with Crippen LogP contribution in [0, 0.1) is 6.92 Å². The largest absolute Gasteiger partial charge is 0.492 e. The quantitative estimate of drug-likeness (QED) is 0.890. The number of para-hydroxylation sites is 1. The first-order chi connectivity index (χ1) is 9.55. The summed E-state index contributed by atoms with van der Waals surface area (Å²) in [5.74, 6) is 0.578. The first-order valence-corrected chi connectivity index (χ1v) is 7.95. The SMILES string of the molecule is Cc1cccc(NS(=O)(=O)CCOc2ccccc2)c1. The molecular formula is C15H17NO3S. The smallest absolute Gasteiger partial charge is 0.236 e. The van der Waals surface area contributed by atoms with E-state index in [1.807, 2.05) is 37.3 Å². The van der Waals surface area contributed by atoms with Crippen molar-refractivity contribution in [3.8, 4) is 5.75 Å². The van der Waals surface area contributed by atoms with Gasteiger partial charge in [-0.3, -0.25) is 4.72 Å². The zero-order valence-electron chi connectivity index (χ0n) is 11.2. The highest BCUT2D eigenvalue weighted by molar-refractivity contribution is 7.92. The highest BCUT2D eigenvalue weighted by Crippen LogP contribution is 2.12. The molecular weight excluding hydrogens is 274 g/mol. The lowest BCUT2D eigenvalue weighted by Crippen LogP contribution is -2.21. The summed E-state index contributed by atoms with van der Waals surface area (Å²) in [4.78, 5) is 0. The van der Waals surface area contributed by atoms with E-state index in [9.17, 15) is 8.42 Å². The highest BCUT2D eigenvalue weighted by Gasteiger charge is 2.10. The van der Waals surface area contributed by atoms with Crippen molar-refractivity contribution < 1.29 is 13.2 Å². The maximum atomic E-state index is 11.9. The summed E-state index contributed by atoms with van der Waals surface area (Å²) in [6, 6.07) is 16.4. The van der Waals surface area contributed by atoms with Crippen LogP contribution in [0.5, 0.6) is 5.75 Å². The molecule has 0 spiro atoms. The van der Waals surface area contributed by atoms with Gasteiger partial charge in [0.25, 0.3) is 0 Å². The topological polar surface area (TPSA) is 55.4 Å². The minimum Gasteiger partial charge on any atom is -0.492 e. The molecule has 0 bridgehead atoms. The fourth-order valence-corrected chi connectivity index (χ4v) is 2.62. The van der Waals surface area contributed by atoms with Crippen molar-refractivity contribution in [2.24, 2.45) is 0 Å². The molecule has 0 atom stereocenters. The molecule has 0 saturated carbocycles. The van der Waals surface area contributed by atoms with E-state index in [0.29, 0.717) is 11.4 Å². The zero-order chi connectivity index (χ0) is 14.4. The highest BCUT2D eigenvalue weighted by atomic mass is 32.2. The van der Waals surface area contributed by atoms with E-state index in [-0.39, 0.29) is 12.4 Å². The molecule has 1 N–H and O–H groups in total. The Morgan fingerprint density at radius 2 is 1.80 bits per heavy atom. The van der Waals surface area contributed by atoms with Crippen molar-refractivity contribution in [3.63, 3.8) is 0 Å². The second-order valence-corrected chi connectivity index (χ2v) is 6.29. The molecule has 0 radical (unpaired) electrons. The summed E-state index contributed by atoms with van der Waals surface area (Å²) in [7, 11) is -3.40. The fraction of sp³-hybridized carbons (Fsp3) is 0.200. The molecule has 106 valence electrons. The molecule has 2 aromatic carbocycles. The lowest BCUT2D eigenvalue weighted by Gasteiger charge is -2.09. The van der Waals surface area contributed by atoms with Gasteiger partial charge in [0, 0.05) is 5.69 Å². The van der Waals surface area contributed by atoms with Gasteiger partial charge in [0.2, 0.25) is 10.0 Å². The van der Waals surface area contributed by atoms with Crippen molar-refractivity contribution in [2.75, 3.05) is 17.1 Å². The van der Waals surface area contributed by atoms with Gasteiger partial charge in [0.15, 0.2) is 0 Å². The molecule has 0 heterocycles. The molecule has 0 amide bonds. The van der Waals surface area contributed by atoms with Gasteiger partial charge in [0.1, 0.15) is 18.1 Å². The van der Waals surface area contributed by atoms with E-state index in [1.54, 1.807) is 24.3 Å². The van der Waals surface area contributed by atoms with Gasteiger partial charge >= 0.3 is 0 Å². The summed E-state index contributed by atoms with van der Waals surface area (Å²) < 4.78 is 31.7. The summed E-state index contributed by atoms with van der Waals surface area (Å²) >= 11 is 0. The molecule has 0 aromatic heterocycles. The van der Waals surface area contributed by atoms with Crippen LogP contribution in [0.3, 0.4) is 0 Å². The predicted molar refractivity (Wildman–Crippen MR) is 80.5 cm³/mol. The van der Waals surface area contributed by atoms with Gasteiger partial charge < -0.3 is 4.74 Å². The van der Waals surface area contributed by atoms with Crippen LogP contribution in [0.15, 0.2) is 54.6 Å². The Balaban J connectivity index is 1.88. The number of ether oxygens (including phenoxy) is 1. The minimum atomic E-state index is -3.40. The molecule has 0 aliphatic rings. The molecule has 0 aliphatic heterocycles. The van der Waals surface area contributed by atoms with Crippen LogP contribution < -0.4 is 9.46 Å². The lowest BCUT2D eigenvalue weighted by atomic mass is 10.2. The predicted octanol–water partition coefficient (Wildman–Crippen LogP) is 2.82. The third kappa shape index (κ3) is 4.59. The zero-order valence-corrected chi connectivity index (χ0v) is 12.1. The monoisotopic (exact) mass is 291 g/mol. The molecule has 20 heavy (non-hydrogen) atoms. The lowest BCUT2D eigenvalue weighted by molar-refractivity contribution is 0.341. The summed E-state index contributed by atoms with van der Waals surface area (Å²) in [5, 5.41) is 0. The molecule has 0 fully saturated rings. The van der Waals surface area contributed by atoms with Crippen LogP contribution in [-0.4, -0.2) is 20.8 Å². The van der Waals surface area contributed by atoms with Crippen molar-refractivity contribution in [1.29, 1.82) is 0 Å². The van der Waals surface area contributed by atoms with Gasteiger partial charge in [-0.05, 0) is 36.8 Å². The van der Waals surface area contributed by atoms with Gasteiger partial charge in [-0.1, -0.05) is 30.3 Å². The normalized spacial score (nSPS) is 11.1. The molecule has 0 saturated heterocycles. The van der Waals surface area contributed by atoms with Crippen LogP contribution in [0.4, 0.5) is 5.69 Å². The van der Waals surface area contributed by atoms with Gasteiger partial charge in [-0.25, -0.2) is 8.42 Å². The number of aryl methyl sites for hydroxylation is 1. The average molecular weight is 291 g/mol. The van der Waals surface area contributed by atoms with E-state index in [1.165, 1.54) is 0 Å². The Morgan fingerprint density at radius 3 is 2.50 bits per heavy atom. The molecule has 2 aromatic rings. The van der Waals surface area contributed by atoms with E-state index in [4.69, 9.17) is 4.74 Å². The number of benzene rings is 2. The fourth-order valence-electron chi connectivity index (χ4n) is 1.73. The average Bonchev–Trinajstić information content (AvgIpc) is 2.39. The molecule has 0 unspecified atom stereocenters. The first kappa shape index (κ1) is 14.4. The van der Waals surface area contributed by atoms with Crippen LogP contribution in [-0.2, 0) is 10.0 Å². The Bertz CT molecular complexity index is 654. The minimum absolute atomic E-state index is 0.0875. The molecule has 2 rings (SSSR count). The second kappa shape index (κ2) is 6.43. The van der Waals surface area contributed by atoms with Crippen LogP contribution >= 0.6 is 0 Å². The van der Waals surface area contributed by atoms with Gasteiger partial charge in [0.05, 0.1) is 0 Å². The van der Waals surface area contributed by atoms with E-state index < -0.39 is 10.0 Å². The van der Waals surface area contributed by atoms with E-state index in [2.05, 4.69) is 4.72 Å². The number of nitrogens with one attached hydrogen (secondary N) is 1. The van der Waals surface area contributed by atoms with E-state index in [0.717, 1.165) is 5.56 Å². The van der Waals surface area contributed by atoms with Crippen molar-refractivity contribution in [1.82, 2.24) is 0 Å². The Labute approximate surface area is 119 Å². The molecule has 5 heteroatoms. The number of sulfonamides is 1. The third-order valence-electron chi connectivity index (χ3n) is 2.66. The third-order valence-corrected chi connectivity index (χ3v) is 3.91. The maximum absolute atomic E-state index is 11.9. The molecule has 4 nitrogen and oxygen atoms in total. The van der Waals surface area contributed by atoms with Crippen LogP contribution in [0.25, 0.3) is 0 Å². The maximum Gasteiger partial charge on any atom is 0.236 e. The van der Waals surface area contributed by atoms with Crippen LogP contribution in [0.1, 0.15) is 5.56 Å². The second-order valence-electron chi connectivity index (χ2n) is 4.45. The van der Waals surface area contributed by atoms with Crippen molar-refractivity contribution in [3.05, 3.63) is 60.2 Å². The number of anilines is 1. The number of hydrogen-bond donors (Lipinski definition) is 1. The van der Waals surface area contributed by atoms with Crippen LogP contribution in [0.2, 0.25) is 0 Å². The standard InChI is InChI=1S/C15H17NO3S/c1-13-6-5-7-14(12-13)16-20(17,18)11-10-19-15-8-3-2-4-9-15/h2-9,12,16H,10-11H2,1H3. The first-order valence-electron chi connectivity index (χ1n) is 6.30. The molecule has 0 aliphatic carbocycles. The Morgan fingerprint density at radius 1 is 1.05 bits per heavy atom. The summed E-state index contributed by atoms with van der Waals surface area (Å²) in [5.41, 5.74) is 1.58. The Kier molecular flexibility index (Phi) is 4.63. The van der Waals surface area contributed by atoms with Crippen molar-refractivity contribution in [2.45, 2.75) is 6.92 Å². The number of hydrogen-bond acceptors (Lipinski definition) is 3. The number of rotatable bonds is 6. The summed E-state index contributed by atoms with van der Waals surface area (Å²) in [6.07, 6.45) is 0. The van der Waals surface area contributed by atoms with Crippen molar-refractivity contribution >= 4 is 15.7 Å². The Hall–Kier alpha value is -2.01. The van der Waals surface area contributed by atoms with Gasteiger partial charge in [-0.2, -0.15) is 0 Å². The van der Waals surface area contributed by atoms with Gasteiger partial charge in [-0.15, -0.1) is 0 Å². The van der Waals surface area contributed by atoms with E-state index >= 15 is 0 Å². The summed E-state index contributed by atoms with van der Waals surface area (Å²) in [6.45, 7) is 2.03.